The lowest BCUT2D eigenvalue weighted by Gasteiger charge is -2.33. The summed E-state index contributed by atoms with van der Waals surface area (Å²) in [6.07, 6.45) is 3.00. The Bertz CT molecular complexity index is 1270. The van der Waals surface area contributed by atoms with Crippen LogP contribution in [0, 0.1) is 0 Å². The normalized spacial score (nSPS) is 15.7. The molecule has 156 valence electrons. The van der Waals surface area contributed by atoms with Gasteiger partial charge in [0.05, 0.1) is 35.1 Å². The van der Waals surface area contributed by atoms with Crippen molar-refractivity contribution in [2.75, 3.05) is 13.7 Å². The minimum absolute atomic E-state index is 0.0469. The van der Waals surface area contributed by atoms with Crippen LogP contribution in [0.4, 0.5) is 0 Å². The maximum absolute atomic E-state index is 13.3. The van der Waals surface area contributed by atoms with Crippen LogP contribution in [0.1, 0.15) is 33.4 Å². The number of aromatic nitrogens is 3. The topological polar surface area (TPSA) is 71.1 Å². The standard InChI is InChI=1S/C23H18Cl2N4O2/c1-31-14-9-26-22(27-10-14)23(30)29-11-16(13-5-3-2-4-6-13)20-17(12-29)15-7-8-18(24)19(25)21(15)28-20/h2-10,16,28H,11-12H2,1H3. The molecule has 31 heavy (non-hydrogen) atoms. The zero-order valence-electron chi connectivity index (χ0n) is 16.6. The first-order valence-corrected chi connectivity index (χ1v) is 10.5. The average Bonchev–Trinajstić information content (AvgIpc) is 3.20. The predicted molar refractivity (Wildman–Crippen MR) is 120 cm³/mol. The summed E-state index contributed by atoms with van der Waals surface area (Å²) >= 11 is 12.7. The first-order valence-electron chi connectivity index (χ1n) is 9.75. The molecule has 4 aromatic rings. The number of nitrogens with zero attached hydrogens (tertiary/aromatic N) is 3. The second-order valence-corrected chi connectivity index (χ2v) is 8.18. The van der Waals surface area contributed by atoms with E-state index in [4.69, 9.17) is 27.9 Å². The number of nitrogens with one attached hydrogen (secondary N) is 1. The van der Waals surface area contributed by atoms with E-state index in [-0.39, 0.29) is 17.6 Å². The summed E-state index contributed by atoms with van der Waals surface area (Å²) in [5.41, 5.74) is 3.96. The Labute approximate surface area is 188 Å². The second-order valence-electron chi connectivity index (χ2n) is 7.40. The quantitative estimate of drug-likeness (QED) is 0.471. The highest BCUT2D eigenvalue weighted by Crippen LogP contribution is 2.41. The van der Waals surface area contributed by atoms with E-state index in [2.05, 4.69) is 27.1 Å². The Morgan fingerprint density at radius 1 is 1.13 bits per heavy atom. The number of benzene rings is 2. The van der Waals surface area contributed by atoms with Crippen LogP contribution in [-0.2, 0) is 6.54 Å². The van der Waals surface area contributed by atoms with Gasteiger partial charge in [-0.2, -0.15) is 0 Å². The van der Waals surface area contributed by atoms with Crippen molar-refractivity contribution in [2.24, 2.45) is 0 Å². The Morgan fingerprint density at radius 2 is 1.87 bits per heavy atom. The summed E-state index contributed by atoms with van der Waals surface area (Å²) in [4.78, 5) is 26.9. The van der Waals surface area contributed by atoms with Crippen molar-refractivity contribution in [3.63, 3.8) is 0 Å². The molecule has 0 bridgehead atoms. The number of H-pyrrole nitrogens is 1. The second kappa shape index (κ2) is 7.87. The third-order valence-corrected chi connectivity index (χ3v) is 6.45. The van der Waals surface area contributed by atoms with Gasteiger partial charge in [0.15, 0.2) is 5.75 Å². The van der Waals surface area contributed by atoms with Crippen molar-refractivity contribution in [1.82, 2.24) is 19.9 Å². The Kier molecular flexibility index (Phi) is 5.04. The molecular formula is C23H18Cl2N4O2. The van der Waals surface area contributed by atoms with Crippen molar-refractivity contribution in [2.45, 2.75) is 12.5 Å². The molecule has 0 spiro atoms. The molecule has 0 saturated carbocycles. The van der Waals surface area contributed by atoms with E-state index < -0.39 is 0 Å². The average molecular weight is 453 g/mol. The third-order valence-electron chi connectivity index (χ3n) is 5.65. The molecule has 6 nitrogen and oxygen atoms in total. The molecule has 2 aromatic carbocycles. The van der Waals surface area contributed by atoms with Crippen LogP contribution in [0.25, 0.3) is 10.9 Å². The van der Waals surface area contributed by atoms with E-state index in [9.17, 15) is 4.79 Å². The highest BCUT2D eigenvalue weighted by molar-refractivity contribution is 6.45. The molecule has 1 atom stereocenters. The van der Waals surface area contributed by atoms with Gasteiger partial charge in [0, 0.05) is 35.7 Å². The molecule has 1 aliphatic rings. The van der Waals surface area contributed by atoms with Crippen molar-refractivity contribution in [3.05, 3.63) is 87.5 Å². The molecular weight excluding hydrogens is 435 g/mol. The summed E-state index contributed by atoms with van der Waals surface area (Å²) in [6, 6.07) is 13.8. The number of methoxy groups -OCH3 is 1. The van der Waals surface area contributed by atoms with Gasteiger partial charge in [0.25, 0.3) is 5.91 Å². The van der Waals surface area contributed by atoms with Gasteiger partial charge in [-0.3, -0.25) is 4.79 Å². The lowest BCUT2D eigenvalue weighted by Crippen LogP contribution is -2.39. The zero-order chi connectivity index (χ0) is 21.5. The third kappa shape index (κ3) is 3.42. The summed E-state index contributed by atoms with van der Waals surface area (Å²) in [5, 5.41) is 1.93. The predicted octanol–water partition coefficient (Wildman–Crippen LogP) is 5.06. The van der Waals surface area contributed by atoms with Crippen molar-refractivity contribution in [3.8, 4) is 5.75 Å². The van der Waals surface area contributed by atoms with Gasteiger partial charge in [0.2, 0.25) is 5.82 Å². The number of hydrogen-bond donors (Lipinski definition) is 1. The molecule has 0 saturated heterocycles. The fourth-order valence-corrected chi connectivity index (χ4v) is 4.47. The van der Waals surface area contributed by atoms with E-state index in [0.29, 0.717) is 28.9 Å². The maximum Gasteiger partial charge on any atom is 0.291 e. The lowest BCUT2D eigenvalue weighted by molar-refractivity contribution is 0.0712. The first kappa shape index (κ1) is 19.8. The molecule has 1 amide bonds. The van der Waals surface area contributed by atoms with Crippen LogP contribution in [0.2, 0.25) is 10.0 Å². The summed E-state index contributed by atoms with van der Waals surface area (Å²) in [7, 11) is 1.53. The molecule has 0 fully saturated rings. The van der Waals surface area contributed by atoms with Gasteiger partial charge in [0.1, 0.15) is 0 Å². The smallest absolute Gasteiger partial charge is 0.291 e. The zero-order valence-corrected chi connectivity index (χ0v) is 18.1. The van der Waals surface area contributed by atoms with Gasteiger partial charge in [-0.25, -0.2) is 9.97 Å². The van der Waals surface area contributed by atoms with Crippen LogP contribution in [0.5, 0.6) is 5.75 Å². The van der Waals surface area contributed by atoms with Gasteiger partial charge in [-0.1, -0.05) is 59.6 Å². The molecule has 1 aliphatic heterocycles. The number of hydrogen-bond acceptors (Lipinski definition) is 4. The Balaban J connectivity index is 1.61. The molecule has 8 heteroatoms. The van der Waals surface area contributed by atoms with E-state index in [1.807, 2.05) is 24.3 Å². The minimum Gasteiger partial charge on any atom is -0.494 e. The Morgan fingerprint density at radius 3 is 2.58 bits per heavy atom. The number of carbonyl (C=O) groups excluding carboxylic acids is 1. The van der Waals surface area contributed by atoms with Crippen molar-refractivity contribution in [1.29, 1.82) is 0 Å². The fourth-order valence-electron chi connectivity index (χ4n) is 4.10. The number of amides is 1. The number of rotatable bonds is 3. The van der Waals surface area contributed by atoms with E-state index in [1.165, 1.54) is 19.5 Å². The molecule has 1 unspecified atom stereocenters. The number of fused-ring (bicyclic) bond motifs is 3. The van der Waals surface area contributed by atoms with Gasteiger partial charge < -0.3 is 14.6 Å². The van der Waals surface area contributed by atoms with Crippen molar-refractivity contribution < 1.29 is 9.53 Å². The van der Waals surface area contributed by atoms with Crippen LogP contribution in [-0.4, -0.2) is 39.4 Å². The molecule has 1 N–H and O–H groups in total. The molecule has 3 heterocycles. The first-order chi connectivity index (χ1) is 15.1. The number of ether oxygens (including phenoxy) is 1. The molecule has 0 aliphatic carbocycles. The molecule has 5 rings (SSSR count). The van der Waals surface area contributed by atoms with E-state index >= 15 is 0 Å². The summed E-state index contributed by atoms with van der Waals surface area (Å²) < 4.78 is 5.10. The number of carbonyl (C=O) groups is 1. The van der Waals surface area contributed by atoms with Crippen LogP contribution in [0.15, 0.2) is 54.9 Å². The maximum atomic E-state index is 13.3. The van der Waals surface area contributed by atoms with E-state index in [0.717, 1.165) is 27.7 Å². The highest BCUT2D eigenvalue weighted by atomic mass is 35.5. The monoisotopic (exact) mass is 452 g/mol. The minimum atomic E-state index is -0.233. The van der Waals surface area contributed by atoms with Crippen LogP contribution < -0.4 is 4.74 Å². The lowest BCUT2D eigenvalue weighted by atomic mass is 9.88. The van der Waals surface area contributed by atoms with E-state index in [1.54, 1.807) is 11.0 Å². The molecule has 2 aromatic heterocycles. The fraction of sp³-hybridized carbons (Fsp3) is 0.174. The Hall–Kier alpha value is -3.09. The van der Waals surface area contributed by atoms with Gasteiger partial charge >= 0.3 is 0 Å². The summed E-state index contributed by atoms with van der Waals surface area (Å²) in [5.74, 6) is 0.359. The molecule has 0 radical (unpaired) electrons. The van der Waals surface area contributed by atoms with Crippen molar-refractivity contribution >= 4 is 40.0 Å². The van der Waals surface area contributed by atoms with Crippen LogP contribution >= 0.6 is 23.2 Å². The van der Waals surface area contributed by atoms with Gasteiger partial charge in [-0.15, -0.1) is 0 Å². The highest BCUT2D eigenvalue weighted by Gasteiger charge is 2.33. The van der Waals surface area contributed by atoms with Crippen LogP contribution in [0.3, 0.4) is 0 Å². The number of aromatic amines is 1. The largest absolute Gasteiger partial charge is 0.494 e. The summed E-state index contributed by atoms with van der Waals surface area (Å²) in [6.45, 7) is 0.911. The number of halogens is 2. The SMILES string of the molecule is COc1cnc(C(=O)N2Cc3c([nH]c4c(Cl)c(Cl)ccc34)C(c3ccccc3)C2)nc1. The van der Waals surface area contributed by atoms with Gasteiger partial charge in [-0.05, 0) is 11.6 Å².